The molecular formula is C104H123N10+5. The van der Waals surface area contributed by atoms with Crippen LogP contribution in [0.2, 0.25) is 0 Å². The zero-order valence-corrected chi connectivity index (χ0v) is 73.6. The Balaban J connectivity index is 0.000000141. The molecule has 15 aromatic rings. The van der Waals surface area contributed by atoms with Gasteiger partial charge >= 0.3 is 17.5 Å². The second-order valence-electron chi connectivity index (χ2n) is 34.1. The number of aryl methyl sites for hydroxylation is 15. The van der Waals surface area contributed by atoms with Gasteiger partial charge in [0.25, 0.3) is 0 Å². The van der Waals surface area contributed by atoms with E-state index in [0.717, 1.165) is 63.6 Å². The van der Waals surface area contributed by atoms with Gasteiger partial charge in [0.1, 0.15) is 32.7 Å². The molecule has 0 N–H and O–H groups in total. The minimum Gasteiger partial charge on any atom is -0.256 e. The number of nitrogens with zero attached hydrogens (tertiary/aromatic N) is 10. The van der Waals surface area contributed by atoms with Gasteiger partial charge < -0.3 is 0 Å². The summed E-state index contributed by atoms with van der Waals surface area (Å²) in [7, 11) is 10.5. The van der Waals surface area contributed by atoms with Gasteiger partial charge in [0.2, 0.25) is 11.4 Å². The smallest absolute Gasteiger partial charge is 0.256 e. The lowest BCUT2D eigenvalue weighted by Crippen LogP contribution is -2.32. The molecule has 0 bridgehead atoms. The van der Waals surface area contributed by atoms with Gasteiger partial charge in [-0.1, -0.05) is 127 Å². The molecule has 584 valence electrons. The third-order valence-corrected chi connectivity index (χ3v) is 22.7. The second kappa shape index (κ2) is 35.5. The average molecular weight is 1510 g/mol. The van der Waals surface area contributed by atoms with Crippen LogP contribution in [0.4, 0.5) is 0 Å². The Morgan fingerprint density at radius 3 is 1.13 bits per heavy atom. The van der Waals surface area contributed by atoms with Crippen molar-refractivity contribution in [3.63, 3.8) is 0 Å². The van der Waals surface area contributed by atoms with Crippen molar-refractivity contribution in [2.45, 2.75) is 184 Å². The van der Waals surface area contributed by atoms with Gasteiger partial charge in [-0.25, -0.2) is 22.8 Å². The Bertz CT molecular complexity index is 6000. The van der Waals surface area contributed by atoms with Crippen LogP contribution in [0.5, 0.6) is 0 Å². The van der Waals surface area contributed by atoms with E-state index in [0.29, 0.717) is 23.7 Å². The highest BCUT2D eigenvalue weighted by Gasteiger charge is 2.26. The summed E-state index contributed by atoms with van der Waals surface area (Å²) < 4.78 is 10.9. The number of rotatable bonds is 11. The highest BCUT2D eigenvalue weighted by molar-refractivity contribution is 5.86. The van der Waals surface area contributed by atoms with Gasteiger partial charge in [0.05, 0.1) is 75.8 Å². The minimum absolute atomic E-state index is 0.444. The zero-order valence-electron chi connectivity index (χ0n) is 73.6. The molecular weight excluding hydrogens is 1390 g/mol. The molecule has 0 atom stereocenters. The first-order chi connectivity index (χ1) is 54.0. The Labute approximate surface area is 680 Å². The molecule has 0 saturated carbocycles. The summed E-state index contributed by atoms with van der Waals surface area (Å²) in [5.74, 6) is 5.34. The van der Waals surface area contributed by atoms with Crippen LogP contribution in [0.3, 0.4) is 0 Å². The third-order valence-electron chi connectivity index (χ3n) is 22.7. The molecule has 0 fully saturated rings. The van der Waals surface area contributed by atoms with E-state index in [1.54, 1.807) is 0 Å². The number of pyridine rings is 4. The van der Waals surface area contributed by atoms with Gasteiger partial charge in [-0.3, -0.25) is 9.97 Å². The maximum Gasteiger partial charge on any atom is 0.331 e. The molecule has 0 saturated heterocycles. The first kappa shape index (κ1) is 83.8. The van der Waals surface area contributed by atoms with E-state index in [4.69, 9.17) is 19.9 Å². The standard InChI is InChI=1S/2C22H27N2.2C21H25N2.C18H19N2/c1-14(2)9-18-7-8-19-13-24(6)22(23-21(19)12-18)20-11-15(3)10-16(4)17(20)5;1-14(2)10-18-8-7-9-21-20(18)13-24(6)22(23-21)19-12-15(3)11-16(4)17(19)5;1-13(2)19-8-7-17-12-23(6)21(11-20(17)22-19)18-10-14(3)9-15(4)16(18)5;1-13(2)17-8-7-9-20-19(17)12-23(6)21(22-20)18-11-14(3)10-15(4)16(18)5;1-12-8-13(2)14(3)16(9-12)18-10-17-15(11-20(18)4)6-5-7-19-17/h7-8,10-14H,9H2,1-6H3;7-9,11-14H,10H2,1-6H3;2*7-13H,1-6H3;5-11H,1-4H3/q5*+1. The molecule has 10 nitrogen and oxygen atoms in total. The van der Waals surface area contributed by atoms with Crippen LogP contribution < -0.4 is 22.8 Å². The summed E-state index contributed by atoms with van der Waals surface area (Å²) in [4.78, 5) is 24.4. The Hall–Kier alpha value is -11.1. The molecule has 0 aliphatic carbocycles. The van der Waals surface area contributed by atoms with E-state index in [1.165, 1.54) is 166 Å². The van der Waals surface area contributed by atoms with Crippen molar-refractivity contribution >= 4 is 54.5 Å². The van der Waals surface area contributed by atoms with Crippen molar-refractivity contribution in [3.05, 3.63) is 295 Å². The minimum atomic E-state index is 0.444. The molecule has 7 heterocycles. The fourth-order valence-electron chi connectivity index (χ4n) is 16.0. The topological polar surface area (TPSA) is 83.8 Å². The van der Waals surface area contributed by atoms with E-state index in [9.17, 15) is 0 Å². The lowest BCUT2D eigenvalue weighted by Gasteiger charge is -2.11. The first-order valence-electron chi connectivity index (χ1n) is 40.8. The highest BCUT2D eigenvalue weighted by Crippen LogP contribution is 2.34. The van der Waals surface area contributed by atoms with Crippen molar-refractivity contribution in [1.29, 1.82) is 0 Å². The van der Waals surface area contributed by atoms with Gasteiger partial charge in [-0.2, -0.15) is 0 Å². The molecule has 0 aliphatic heterocycles. The molecule has 10 heteroatoms. The number of aromatic nitrogens is 10. The van der Waals surface area contributed by atoms with E-state index >= 15 is 0 Å². The average Bonchev–Trinajstić information content (AvgIpc) is 0.806. The van der Waals surface area contributed by atoms with Crippen molar-refractivity contribution in [3.8, 4) is 56.7 Å². The second-order valence-corrected chi connectivity index (χ2v) is 34.1. The van der Waals surface area contributed by atoms with Crippen molar-refractivity contribution in [1.82, 2.24) is 24.9 Å². The number of fused-ring (bicyclic) bond motifs is 5. The fraction of sp³-hybridized carbons (Fsp3) is 0.327. The largest absolute Gasteiger partial charge is 0.331 e. The summed E-state index contributed by atoms with van der Waals surface area (Å²) in [5.41, 5.74) is 38.9. The van der Waals surface area contributed by atoms with Crippen LogP contribution in [0.25, 0.3) is 111 Å². The quantitative estimate of drug-likeness (QED) is 0.121. The summed E-state index contributed by atoms with van der Waals surface area (Å²) >= 11 is 0. The normalized spacial score (nSPS) is 11.4. The van der Waals surface area contributed by atoms with E-state index in [1.807, 2.05) is 12.3 Å². The summed E-state index contributed by atoms with van der Waals surface area (Å²) in [6, 6.07) is 54.8. The molecule has 0 aliphatic rings. The maximum absolute atomic E-state index is 5.02. The molecule has 0 spiro atoms. The monoisotopic (exact) mass is 1510 g/mol. The van der Waals surface area contributed by atoms with Gasteiger partial charge in [0.15, 0.2) is 28.9 Å². The van der Waals surface area contributed by atoms with E-state index in [-0.39, 0.29) is 0 Å². The van der Waals surface area contributed by atoms with Crippen molar-refractivity contribution in [2.24, 2.45) is 47.1 Å². The lowest BCUT2D eigenvalue weighted by atomic mass is 9.97. The Morgan fingerprint density at radius 2 is 0.675 bits per heavy atom. The van der Waals surface area contributed by atoms with Crippen LogP contribution in [0.1, 0.15) is 173 Å². The van der Waals surface area contributed by atoms with E-state index < -0.39 is 0 Å². The Kier molecular flexibility index (Phi) is 26.1. The summed E-state index contributed by atoms with van der Waals surface area (Å²) in [6.45, 7) is 50.4. The van der Waals surface area contributed by atoms with Crippen LogP contribution in [0, 0.1) is 116 Å². The zero-order chi connectivity index (χ0) is 82.6. The predicted octanol–water partition coefficient (Wildman–Crippen LogP) is 22.9. The molecule has 15 rings (SSSR count). The molecule has 0 amide bonds. The van der Waals surface area contributed by atoms with Crippen LogP contribution in [-0.4, -0.2) is 24.9 Å². The molecule has 0 unspecified atom stereocenters. The molecule has 8 aromatic carbocycles. The van der Waals surface area contributed by atoms with Crippen molar-refractivity contribution < 1.29 is 22.8 Å². The molecule has 0 radical (unpaired) electrons. The van der Waals surface area contributed by atoms with Gasteiger partial charge in [-0.05, 0) is 323 Å². The predicted molar refractivity (Wildman–Crippen MR) is 478 cm³/mol. The number of benzene rings is 8. The van der Waals surface area contributed by atoms with Crippen molar-refractivity contribution in [2.75, 3.05) is 0 Å². The summed E-state index contributed by atoms with van der Waals surface area (Å²) in [5, 5.41) is 6.05. The van der Waals surface area contributed by atoms with Gasteiger partial charge in [-0.15, -0.1) is 0 Å². The first-order valence-corrected chi connectivity index (χ1v) is 40.8. The maximum atomic E-state index is 5.02. The SMILES string of the molecule is Cc1cc(C)c(C)c(-c2cc3nc(C(C)C)ccc3c[n+]2C)c1.Cc1cc(C)c(C)c(-c2cc3ncccc3c[n+]2C)c1.Cc1cc(C)c(C)c(-c2nc3cc(CC(C)C)ccc3c[n+]2C)c1.Cc1cc(C)c(C)c(-c2nc3cccc(C(C)C)c3c[n+]2C)c1.Cc1cc(C)c(C)c(-c2nc3cccc(CC(C)C)c3c[n+]2C)c1. The molecule has 7 aromatic heterocycles. The van der Waals surface area contributed by atoms with Gasteiger partial charge in [0, 0.05) is 35.2 Å². The lowest BCUT2D eigenvalue weighted by molar-refractivity contribution is -0.661. The number of hydrogen-bond donors (Lipinski definition) is 0. The van der Waals surface area contributed by atoms with E-state index in [2.05, 4.69) is 399 Å². The van der Waals surface area contributed by atoms with Crippen LogP contribution in [0.15, 0.2) is 189 Å². The molecule has 114 heavy (non-hydrogen) atoms. The fourth-order valence-corrected chi connectivity index (χ4v) is 16.0. The van der Waals surface area contributed by atoms with Crippen LogP contribution in [-0.2, 0) is 48.1 Å². The number of hydrogen-bond acceptors (Lipinski definition) is 5. The third kappa shape index (κ3) is 19.1. The van der Waals surface area contributed by atoms with Crippen LogP contribution >= 0.6 is 0 Å². The summed E-state index contributed by atoms with van der Waals surface area (Å²) in [6.07, 6.45) is 15.0. The Morgan fingerprint density at radius 1 is 0.298 bits per heavy atom. The highest BCUT2D eigenvalue weighted by atomic mass is 15.0.